The molecule has 0 aliphatic carbocycles. The van der Waals surface area contributed by atoms with Crippen LogP contribution in [-0.4, -0.2) is 19.3 Å². The van der Waals surface area contributed by atoms with Crippen molar-refractivity contribution in [2.24, 2.45) is 0 Å². The van der Waals surface area contributed by atoms with Crippen LogP contribution < -0.4 is 5.32 Å². The van der Waals surface area contributed by atoms with E-state index in [4.69, 9.17) is 9.15 Å². The van der Waals surface area contributed by atoms with Gasteiger partial charge < -0.3 is 14.5 Å². The summed E-state index contributed by atoms with van der Waals surface area (Å²) in [5.74, 6) is 1.02. The second-order valence-electron chi connectivity index (χ2n) is 5.59. The van der Waals surface area contributed by atoms with Crippen molar-refractivity contribution in [3.63, 3.8) is 0 Å². The zero-order chi connectivity index (χ0) is 13.8. The molecular formula is C17H23NO2. The number of para-hydroxylation sites is 1. The van der Waals surface area contributed by atoms with Gasteiger partial charge in [-0.25, -0.2) is 0 Å². The van der Waals surface area contributed by atoms with Crippen molar-refractivity contribution >= 4 is 11.0 Å². The zero-order valence-corrected chi connectivity index (χ0v) is 12.2. The van der Waals surface area contributed by atoms with Crippen LogP contribution >= 0.6 is 0 Å². The topological polar surface area (TPSA) is 34.4 Å². The third-order valence-electron chi connectivity index (χ3n) is 4.12. The Bertz CT molecular complexity index is 555. The Morgan fingerprint density at radius 1 is 1.25 bits per heavy atom. The van der Waals surface area contributed by atoms with E-state index < -0.39 is 0 Å². The van der Waals surface area contributed by atoms with Crippen molar-refractivity contribution in [1.82, 2.24) is 5.32 Å². The van der Waals surface area contributed by atoms with Gasteiger partial charge in [0.2, 0.25) is 0 Å². The predicted molar refractivity (Wildman–Crippen MR) is 80.9 cm³/mol. The average molecular weight is 273 g/mol. The second-order valence-corrected chi connectivity index (χ2v) is 5.59. The highest BCUT2D eigenvalue weighted by Gasteiger charge is 2.14. The maximum absolute atomic E-state index is 5.78. The maximum Gasteiger partial charge on any atom is 0.134 e. The van der Waals surface area contributed by atoms with Gasteiger partial charge in [-0.15, -0.1) is 0 Å². The molecule has 2 heterocycles. The first-order chi connectivity index (χ1) is 9.84. The van der Waals surface area contributed by atoms with Gasteiger partial charge in [-0.1, -0.05) is 18.2 Å². The van der Waals surface area contributed by atoms with Gasteiger partial charge in [0.05, 0.1) is 6.10 Å². The minimum Gasteiger partial charge on any atom is -0.461 e. The molecule has 0 saturated carbocycles. The summed E-state index contributed by atoms with van der Waals surface area (Å²) in [6.45, 7) is 4.86. The summed E-state index contributed by atoms with van der Waals surface area (Å²) in [4.78, 5) is 0. The van der Waals surface area contributed by atoms with Gasteiger partial charge in [-0.3, -0.25) is 0 Å². The summed E-state index contributed by atoms with van der Waals surface area (Å²) >= 11 is 0. The number of hydrogen-bond donors (Lipinski definition) is 1. The van der Waals surface area contributed by atoms with Crippen molar-refractivity contribution in [2.75, 3.05) is 13.2 Å². The second kappa shape index (κ2) is 6.42. The van der Waals surface area contributed by atoms with E-state index >= 15 is 0 Å². The standard InChI is InChI=1S/C17H23NO2/c1-13-16(15-7-2-3-8-17(15)20-13)12-18-10-9-14-6-4-5-11-19-14/h2-3,7-8,14,18H,4-6,9-12H2,1H3. The maximum atomic E-state index is 5.78. The molecule has 1 atom stereocenters. The summed E-state index contributed by atoms with van der Waals surface area (Å²) in [7, 11) is 0. The van der Waals surface area contributed by atoms with E-state index in [0.717, 1.165) is 37.5 Å². The van der Waals surface area contributed by atoms with E-state index in [1.807, 2.05) is 19.1 Å². The molecule has 1 aromatic heterocycles. The molecule has 3 rings (SSSR count). The number of rotatable bonds is 5. The van der Waals surface area contributed by atoms with Crippen LogP contribution in [0, 0.1) is 6.92 Å². The highest BCUT2D eigenvalue weighted by atomic mass is 16.5. The number of benzene rings is 1. The van der Waals surface area contributed by atoms with Crippen LogP contribution in [0.25, 0.3) is 11.0 Å². The van der Waals surface area contributed by atoms with Gasteiger partial charge in [-0.2, -0.15) is 0 Å². The van der Waals surface area contributed by atoms with Gasteiger partial charge in [0.15, 0.2) is 0 Å². The van der Waals surface area contributed by atoms with Gasteiger partial charge in [0, 0.05) is 24.1 Å². The Labute approximate surface area is 120 Å². The van der Waals surface area contributed by atoms with Crippen LogP contribution in [0.15, 0.2) is 28.7 Å². The molecule has 0 spiro atoms. The van der Waals surface area contributed by atoms with Crippen molar-refractivity contribution in [1.29, 1.82) is 0 Å². The summed E-state index contributed by atoms with van der Waals surface area (Å²) in [6.07, 6.45) is 5.32. The lowest BCUT2D eigenvalue weighted by Gasteiger charge is -2.22. The third kappa shape index (κ3) is 3.05. The molecule has 2 aromatic rings. The first-order valence-electron chi connectivity index (χ1n) is 7.64. The van der Waals surface area contributed by atoms with E-state index in [-0.39, 0.29) is 0 Å². The number of furan rings is 1. The fourth-order valence-electron chi connectivity index (χ4n) is 2.95. The monoisotopic (exact) mass is 273 g/mol. The Hall–Kier alpha value is -1.32. The molecule has 1 aromatic carbocycles. The highest BCUT2D eigenvalue weighted by Crippen LogP contribution is 2.25. The van der Waals surface area contributed by atoms with Gasteiger partial charge in [-0.05, 0) is 45.2 Å². The molecule has 1 N–H and O–H groups in total. The fraction of sp³-hybridized carbons (Fsp3) is 0.529. The lowest BCUT2D eigenvalue weighted by Crippen LogP contribution is -2.25. The normalized spacial score (nSPS) is 19.6. The van der Waals surface area contributed by atoms with Crippen LogP contribution in [-0.2, 0) is 11.3 Å². The molecule has 0 radical (unpaired) electrons. The summed E-state index contributed by atoms with van der Waals surface area (Å²) in [5.41, 5.74) is 2.27. The Morgan fingerprint density at radius 3 is 3.00 bits per heavy atom. The van der Waals surface area contributed by atoms with Crippen molar-refractivity contribution < 1.29 is 9.15 Å². The summed E-state index contributed by atoms with van der Waals surface area (Å²) < 4.78 is 11.5. The smallest absolute Gasteiger partial charge is 0.134 e. The van der Waals surface area contributed by atoms with Crippen LogP contribution in [0.4, 0.5) is 0 Å². The first-order valence-corrected chi connectivity index (χ1v) is 7.64. The van der Waals surface area contributed by atoms with Crippen molar-refractivity contribution in [2.45, 2.75) is 45.3 Å². The molecular weight excluding hydrogens is 250 g/mol. The van der Waals surface area contributed by atoms with E-state index in [9.17, 15) is 0 Å². The van der Waals surface area contributed by atoms with Gasteiger partial charge in [0.25, 0.3) is 0 Å². The van der Waals surface area contributed by atoms with E-state index in [0.29, 0.717) is 6.10 Å². The minimum atomic E-state index is 0.457. The number of aryl methyl sites for hydroxylation is 1. The molecule has 1 fully saturated rings. The molecule has 0 bridgehead atoms. The van der Waals surface area contributed by atoms with E-state index in [1.165, 1.54) is 30.2 Å². The summed E-state index contributed by atoms with van der Waals surface area (Å²) in [6, 6.07) is 8.24. The molecule has 0 amide bonds. The highest BCUT2D eigenvalue weighted by molar-refractivity contribution is 5.82. The van der Waals surface area contributed by atoms with Crippen LogP contribution in [0.2, 0.25) is 0 Å². The predicted octanol–water partition coefficient (Wildman–Crippen LogP) is 3.79. The van der Waals surface area contributed by atoms with E-state index in [1.54, 1.807) is 0 Å². The summed E-state index contributed by atoms with van der Waals surface area (Å²) in [5, 5.41) is 4.76. The Kier molecular flexibility index (Phi) is 4.38. The van der Waals surface area contributed by atoms with Crippen molar-refractivity contribution in [3.8, 4) is 0 Å². The Balaban J connectivity index is 1.53. The quantitative estimate of drug-likeness (QED) is 0.842. The number of hydrogen-bond acceptors (Lipinski definition) is 3. The van der Waals surface area contributed by atoms with Crippen LogP contribution in [0.5, 0.6) is 0 Å². The number of fused-ring (bicyclic) bond motifs is 1. The SMILES string of the molecule is Cc1oc2ccccc2c1CNCCC1CCCCO1. The van der Waals surface area contributed by atoms with Gasteiger partial charge >= 0.3 is 0 Å². The lowest BCUT2D eigenvalue weighted by atomic mass is 10.1. The third-order valence-corrected chi connectivity index (χ3v) is 4.12. The molecule has 1 aliphatic rings. The molecule has 1 aliphatic heterocycles. The van der Waals surface area contributed by atoms with Crippen LogP contribution in [0.3, 0.4) is 0 Å². The number of ether oxygens (including phenoxy) is 1. The lowest BCUT2D eigenvalue weighted by molar-refractivity contribution is 0.0115. The van der Waals surface area contributed by atoms with E-state index in [2.05, 4.69) is 17.4 Å². The molecule has 20 heavy (non-hydrogen) atoms. The molecule has 3 nitrogen and oxygen atoms in total. The minimum absolute atomic E-state index is 0.457. The van der Waals surface area contributed by atoms with Crippen LogP contribution in [0.1, 0.15) is 37.0 Å². The molecule has 108 valence electrons. The first kappa shape index (κ1) is 13.7. The average Bonchev–Trinajstić information content (AvgIpc) is 2.80. The largest absolute Gasteiger partial charge is 0.461 e. The molecule has 1 unspecified atom stereocenters. The van der Waals surface area contributed by atoms with Crippen molar-refractivity contribution in [3.05, 3.63) is 35.6 Å². The number of nitrogens with one attached hydrogen (secondary N) is 1. The van der Waals surface area contributed by atoms with Gasteiger partial charge in [0.1, 0.15) is 11.3 Å². The fourth-order valence-corrected chi connectivity index (χ4v) is 2.95. The zero-order valence-electron chi connectivity index (χ0n) is 12.2. The Morgan fingerprint density at radius 2 is 2.15 bits per heavy atom. The molecule has 3 heteroatoms. The molecule has 1 saturated heterocycles.